The molecule has 0 unspecified atom stereocenters. The zero-order chi connectivity index (χ0) is 16.6. The lowest BCUT2D eigenvalue weighted by molar-refractivity contribution is -0.129. The number of aryl methyl sites for hydroxylation is 2. The normalized spacial score (nSPS) is 14.6. The zero-order valence-corrected chi connectivity index (χ0v) is 14.8. The molecule has 1 amide bonds. The maximum absolute atomic E-state index is 12.7. The van der Waals surface area contributed by atoms with Crippen LogP contribution in [-0.4, -0.2) is 31.5 Å². The lowest BCUT2D eigenvalue weighted by Crippen LogP contribution is -2.39. The maximum atomic E-state index is 12.7. The van der Waals surface area contributed by atoms with E-state index >= 15 is 0 Å². The number of benzene rings is 1. The summed E-state index contributed by atoms with van der Waals surface area (Å²) in [4.78, 5) is 15.7. The number of sulfone groups is 1. The van der Waals surface area contributed by atoms with Crippen LogP contribution in [0.3, 0.4) is 0 Å². The van der Waals surface area contributed by atoms with E-state index in [9.17, 15) is 13.2 Å². The van der Waals surface area contributed by atoms with Crippen LogP contribution in [0.15, 0.2) is 34.5 Å². The number of hydrogen-bond donors (Lipinski definition) is 0. The van der Waals surface area contributed by atoms with E-state index in [0.717, 1.165) is 12.0 Å². The van der Waals surface area contributed by atoms with Crippen LogP contribution in [0.5, 0.6) is 0 Å². The van der Waals surface area contributed by atoms with Crippen molar-refractivity contribution < 1.29 is 13.2 Å². The molecule has 1 aliphatic heterocycles. The lowest BCUT2D eigenvalue weighted by Gasteiger charge is -2.27. The minimum absolute atomic E-state index is 0.293. The van der Waals surface area contributed by atoms with Crippen molar-refractivity contribution >= 4 is 27.1 Å². The summed E-state index contributed by atoms with van der Waals surface area (Å²) >= 11 is 1.70. The smallest absolute Gasteiger partial charge is 0.238 e. The molecular weight excluding hydrogens is 330 g/mol. The zero-order valence-electron chi connectivity index (χ0n) is 13.2. The van der Waals surface area contributed by atoms with Gasteiger partial charge in [-0.3, -0.25) is 4.79 Å². The average Bonchev–Trinajstić information content (AvgIpc) is 2.93. The molecule has 2 aromatic rings. The van der Waals surface area contributed by atoms with Crippen molar-refractivity contribution in [1.82, 2.24) is 4.90 Å². The Balaban J connectivity index is 1.80. The van der Waals surface area contributed by atoms with Gasteiger partial charge in [0.2, 0.25) is 5.91 Å². The number of amides is 1. The molecule has 6 heteroatoms. The van der Waals surface area contributed by atoms with Gasteiger partial charge in [0.25, 0.3) is 0 Å². The molecule has 0 fully saturated rings. The first-order valence-corrected chi connectivity index (χ1v) is 10.0. The fraction of sp³-hybridized carbons (Fsp3) is 0.353. The van der Waals surface area contributed by atoms with Crippen molar-refractivity contribution in [3.8, 4) is 0 Å². The second kappa shape index (κ2) is 6.09. The van der Waals surface area contributed by atoms with E-state index < -0.39 is 15.6 Å². The fourth-order valence-electron chi connectivity index (χ4n) is 3.08. The number of carbonyl (C=O) groups is 1. The highest BCUT2D eigenvalue weighted by Crippen LogP contribution is 2.25. The van der Waals surface area contributed by atoms with Gasteiger partial charge in [-0.25, -0.2) is 8.42 Å². The monoisotopic (exact) mass is 349 g/mol. The summed E-state index contributed by atoms with van der Waals surface area (Å²) in [5.41, 5.74) is 2.52. The van der Waals surface area contributed by atoms with Crippen molar-refractivity contribution in [2.24, 2.45) is 0 Å². The number of rotatable bonds is 3. The Morgan fingerprint density at radius 3 is 2.61 bits per heavy atom. The van der Waals surface area contributed by atoms with E-state index in [0.29, 0.717) is 29.1 Å². The molecular formula is C17H19NO3S2. The molecule has 3 rings (SSSR count). The number of fused-ring (bicyclic) bond motifs is 1. The standard InChI is InChI=1S/C17H19NO3S2/c1-12-4-3-5-13(2)17(12)23(20,21)11-16(19)18-8-6-15-14(10-18)7-9-22-15/h3-5,7,9H,6,8,10-11H2,1-2H3. The quantitative estimate of drug-likeness (QED) is 0.856. The van der Waals surface area contributed by atoms with E-state index in [1.54, 1.807) is 42.2 Å². The fourth-order valence-corrected chi connectivity index (χ4v) is 5.74. The Labute approximate surface area is 140 Å². The van der Waals surface area contributed by atoms with Crippen molar-refractivity contribution in [3.63, 3.8) is 0 Å². The molecule has 0 bridgehead atoms. The first-order valence-electron chi connectivity index (χ1n) is 7.50. The van der Waals surface area contributed by atoms with E-state index in [2.05, 4.69) is 0 Å². The Morgan fingerprint density at radius 2 is 1.91 bits per heavy atom. The third-order valence-corrected chi connectivity index (χ3v) is 7.11. The molecule has 0 saturated carbocycles. The summed E-state index contributed by atoms with van der Waals surface area (Å²) in [5.74, 6) is -0.775. The number of thiophene rings is 1. The number of nitrogens with zero attached hydrogens (tertiary/aromatic N) is 1. The molecule has 1 aromatic heterocycles. The molecule has 0 N–H and O–H groups in total. The van der Waals surface area contributed by atoms with Crippen molar-refractivity contribution in [2.45, 2.75) is 31.7 Å². The topological polar surface area (TPSA) is 54.5 Å². The van der Waals surface area contributed by atoms with Crippen molar-refractivity contribution in [3.05, 3.63) is 51.2 Å². The molecule has 1 aromatic carbocycles. The van der Waals surface area contributed by atoms with Crippen LogP contribution in [0.4, 0.5) is 0 Å². The highest BCUT2D eigenvalue weighted by Gasteiger charge is 2.28. The summed E-state index contributed by atoms with van der Waals surface area (Å²) < 4.78 is 25.4. The van der Waals surface area contributed by atoms with E-state index in [1.165, 1.54) is 4.88 Å². The van der Waals surface area contributed by atoms with Gasteiger partial charge in [-0.2, -0.15) is 0 Å². The highest BCUT2D eigenvalue weighted by molar-refractivity contribution is 7.92. The van der Waals surface area contributed by atoms with Crippen LogP contribution in [0, 0.1) is 13.8 Å². The van der Waals surface area contributed by atoms with Crippen molar-refractivity contribution in [1.29, 1.82) is 0 Å². The van der Waals surface area contributed by atoms with Crippen LogP contribution in [0.25, 0.3) is 0 Å². The molecule has 4 nitrogen and oxygen atoms in total. The van der Waals surface area contributed by atoms with E-state index in [-0.39, 0.29) is 5.91 Å². The second-order valence-electron chi connectivity index (χ2n) is 5.91. The van der Waals surface area contributed by atoms with Gasteiger partial charge in [0.05, 0.1) is 4.90 Å². The maximum Gasteiger partial charge on any atom is 0.238 e. The van der Waals surface area contributed by atoms with Gasteiger partial charge >= 0.3 is 0 Å². The second-order valence-corrected chi connectivity index (χ2v) is 8.84. The molecule has 23 heavy (non-hydrogen) atoms. The Kier molecular flexibility index (Phi) is 4.29. The Morgan fingerprint density at radius 1 is 1.22 bits per heavy atom. The van der Waals surface area contributed by atoms with Crippen LogP contribution >= 0.6 is 11.3 Å². The molecule has 0 radical (unpaired) electrons. The summed E-state index contributed by atoms with van der Waals surface area (Å²) in [7, 11) is -3.62. The van der Waals surface area contributed by atoms with Gasteiger partial charge in [-0.1, -0.05) is 18.2 Å². The summed E-state index contributed by atoms with van der Waals surface area (Å²) in [5, 5.41) is 2.02. The van der Waals surface area contributed by atoms with Gasteiger partial charge in [0, 0.05) is 18.0 Å². The van der Waals surface area contributed by atoms with Gasteiger partial charge in [-0.15, -0.1) is 11.3 Å². The van der Waals surface area contributed by atoms with E-state index in [4.69, 9.17) is 0 Å². The average molecular weight is 349 g/mol. The summed E-state index contributed by atoms with van der Waals surface area (Å²) in [6, 6.07) is 7.37. The Hall–Kier alpha value is -1.66. The molecule has 0 spiro atoms. The molecule has 122 valence electrons. The number of hydrogen-bond acceptors (Lipinski definition) is 4. The van der Waals surface area contributed by atoms with Gasteiger partial charge in [0.15, 0.2) is 9.84 Å². The molecule has 0 saturated heterocycles. The first kappa shape index (κ1) is 16.2. The van der Waals surface area contributed by atoms with Crippen LogP contribution in [-0.2, 0) is 27.6 Å². The van der Waals surface area contributed by atoms with Crippen LogP contribution in [0.2, 0.25) is 0 Å². The third kappa shape index (κ3) is 3.19. The molecule has 1 aliphatic rings. The van der Waals surface area contributed by atoms with Gasteiger partial charge in [-0.05, 0) is 48.4 Å². The van der Waals surface area contributed by atoms with Gasteiger partial charge in [0.1, 0.15) is 5.75 Å². The van der Waals surface area contributed by atoms with Crippen molar-refractivity contribution in [2.75, 3.05) is 12.3 Å². The van der Waals surface area contributed by atoms with Crippen LogP contribution < -0.4 is 0 Å². The Bertz CT molecular complexity index is 832. The predicted molar refractivity (Wildman–Crippen MR) is 91.4 cm³/mol. The largest absolute Gasteiger partial charge is 0.337 e. The minimum Gasteiger partial charge on any atom is -0.337 e. The summed E-state index contributed by atoms with van der Waals surface area (Å²) in [6.45, 7) is 4.64. The highest BCUT2D eigenvalue weighted by atomic mass is 32.2. The number of carbonyl (C=O) groups excluding carboxylic acids is 1. The third-order valence-electron chi connectivity index (χ3n) is 4.19. The van der Waals surface area contributed by atoms with Gasteiger partial charge < -0.3 is 4.90 Å². The van der Waals surface area contributed by atoms with Crippen LogP contribution in [0.1, 0.15) is 21.6 Å². The van der Waals surface area contributed by atoms with E-state index in [1.807, 2.05) is 17.5 Å². The summed E-state index contributed by atoms with van der Waals surface area (Å²) in [6.07, 6.45) is 0.808. The SMILES string of the molecule is Cc1cccc(C)c1S(=O)(=O)CC(=O)N1CCc2sccc2C1. The molecule has 0 aliphatic carbocycles. The lowest BCUT2D eigenvalue weighted by atomic mass is 10.1. The molecule has 2 heterocycles. The minimum atomic E-state index is -3.62. The predicted octanol–water partition coefficient (Wildman–Crippen LogP) is 2.72. The first-order chi connectivity index (χ1) is 10.9. The molecule has 0 atom stereocenters.